The molecule has 1 aromatic carbocycles. The van der Waals surface area contributed by atoms with E-state index in [1.807, 2.05) is 0 Å². The number of nitrogens with zero attached hydrogens (tertiary/aromatic N) is 1. The molecular weight excluding hydrogens is 217 g/mol. The van der Waals surface area contributed by atoms with Gasteiger partial charge in [-0.2, -0.15) is 0 Å². The highest BCUT2D eigenvalue weighted by Crippen LogP contribution is 2.27. The molecule has 2 atom stereocenters. The Kier molecular flexibility index (Phi) is 3.67. The molecular formula is C14H20FNO. The van der Waals surface area contributed by atoms with Crippen molar-refractivity contribution in [1.82, 2.24) is 4.90 Å². The second-order valence-electron chi connectivity index (χ2n) is 5.10. The molecule has 0 aromatic heterocycles. The Hall–Kier alpha value is -1.09. The summed E-state index contributed by atoms with van der Waals surface area (Å²) in [4.78, 5) is 2.32. The van der Waals surface area contributed by atoms with E-state index in [1.165, 1.54) is 31.0 Å². The minimum Gasteiger partial charge on any atom is -0.508 e. The third-order valence-electron chi connectivity index (χ3n) is 3.92. The van der Waals surface area contributed by atoms with E-state index >= 15 is 0 Å². The largest absolute Gasteiger partial charge is 0.508 e. The van der Waals surface area contributed by atoms with Crippen LogP contribution >= 0.6 is 0 Å². The van der Waals surface area contributed by atoms with Crippen molar-refractivity contribution in [1.29, 1.82) is 0 Å². The minimum atomic E-state index is -0.282. The van der Waals surface area contributed by atoms with Crippen LogP contribution < -0.4 is 0 Å². The molecule has 0 radical (unpaired) electrons. The predicted molar refractivity (Wildman–Crippen MR) is 66.3 cm³/mol. The second-order valence-corrected chi connectivity index (χ2v) is 5.10. The number of piperidine rings is 1. The molecule has 2 rings (SSSR count). The molecule has 94 valence electrons. The lowest BCUT2D eigenvalue weighted by atomic mass is 9.91. The van der Waals surface area contributed by atoms with Gasteiger partial charge < -0.3 is 5.11 Å². The van der Waals surface area contributed by atoms with Gasteiger partial charge in [-0.3, -0.25) is 4.90 Å². The van der Waals surface area contributed by atoms with E-state index in [0.29, 0.717) is 24.1 Å². The zero-order valence-electron chi connectivity index (χ0n) is 10.5. The van der Waals surface area contributed by atoms with Gasteiger partial charge in [-0.15, -0.1) is 0 Å². The van der Waals surface area contributed by atoms with Crippen molar-refractivity contribution in [3.05, 3.63) is 29.6 Å². The van der Waals surface area contributed by atoms with E-state index in [-0.39, 0.29) is 11.6 Å². The topological polar surface area (TPSA) is 23.5 Å². The lowest BCUT2D eigenvalue weighted by molar-refractivity contribution is 0.105. The molecule has 1 N–H and O–H groups in total. The first kappa shape index (κ1) is 12.4. The fourth-order valence-corrected chi connectivity index (χ4v) is 2.54. The van der Waals surface area contributed by atoms with E-state index in [2.05, 4.69) is 18.7 Å². The first-order valence-corrected chi connectivity index (χ1v) is 6.29. The Morgan fingerprint density at radius 3 is 2.94 bits per heavy atom. The molecule has 0 aliphatic carbocycles. The average Bonchev–Trinajstić information content (AvgIpc) is 2.30. The third-order valence-corrected chi connectivity index (χ3v) is 3.92. The lowest BCUT2D eigenvalue weighted by Crippen LogP contribution is -2.41. The molecule has 1 fully saturated rings. The van der Waals surface area contributed by atoms with Gasteiger partial charge in [-0.25, -0.2) is 4.39 Å². The van der Waals surface area contributed by atoms with Crippen LogP contribution in [-0.4, -0.2) is 22.6 Å². The SMILES string of the molecule is CC1CCCN(Cc2cc(F)ccc2O)C1C. The molecule has 0 bridgehead atoms. The van der Waals surface area contributed by atoms with E-state index in [4.69, 9.17) is 0 Å². The van der Waals surface area contributed by atoms with Crippen molar-refractivity contribution in [3.8, 4) is 5.75 Å². The fraction of sp³-hybridized carbons (Fsp3) is 0.571. The van der Waals surface area contributed by atoms with Gasteiger partial charge in [0.2, 0.25) is 0 Å². The van der Waals surface area contributed by atoms with Gasteiger partial charge in [0.15, 0.2) is 0 Å². The van der Waals surface area contributed by atoms with Crippen molar-refractivity contribution >= 4 is 0 Å². The van der Waals surface area contributed by atoms with Gasteiger partial charge in [0.05, 0.1) is 0 Å². The molecule has 2 nitrogen and oxygen atoms in total. The Balaban J connectivity index is 2.11. The zero-order valence-corrected chi connectivity index (χ0v) is 10.5. The molecule has 0 saturated carbocycles. The summed E-state index contributed by atoms with van der Waals surface area (Å²) >= 11 is 0. The summed E-state index contributed by atoms with van der Waals surface area (Å²) in [5.41, 5.74) is 0.686. The Morgan fingerprint density at radius 1 is 1.41 bits per heavy atom. The van der Waals surface area contributed by atoms with Crippen molar-refractivity contribution in [2.45, 2.75) is 39.3 Å². The number of rotatable bonds is 2. The number of phenolic OH excluding ortho intramolecular Hbond substituents is 1. The van der Waals surface area contributed by atoms with Crippen LogP contribution in [0.25, 0.3) is 0 Å². The fourth-order valence-electron chi connectivity index (χ4n) is 2.54. The summed E-state index contributed by atoms with van der Waals surface area (Å²) in [7, 11) is 0. The van der Waals surface area contributed by atoms with Crippen molar-refractivity contribution < 1.29 is 9.50 Å². The maximum atomic E-state index is 13.1. The molecule has 1 aliphatic heterocycles. The van der Waals surface area contributed by atoms with Gasteiger partial charge in [-0.05, 0) is 50.4 Å². The van der Waals surface area contributed by atoms with E-state index in [0.717, 1.165) is 6.54 Å². The van der Waals surface area contributed by atoms with E-state index < -0.39 is 0 Å². The molecule has 1 aromatic rings. The maximum Gasteiger partial charge on any atom is 0.123 e. The first-order chi connectivity index (χ1) is 8.08. The number of benzene rings is 1. The average molecular weight is 237 g/mol. The van der Waals surface area contributed by atoms with Crippen LogP contribution in [0, 0.1) is 11.7 Å². The van der Waals surface area contributed by atoms with Crippen LogP contribution in [0.3, 0.4) is 0 Å². The number of hydrogen-bond donors (Lipinski definition) is 1. The Labute approximate surface area is 102 Å². The summed E-state index contributed by atoms with van der Waals surface area (Å²) in [6.45, 7) is 6.12. The van der Waals surface area contributed by atoms with Crippen molar-refractivity contribution in [2.75, 3.05) is 6.54 Å². The molecule has 1 heterocycles. The standard InChI is InChI=1S/C14H20FNO/c1-10-4-3-7-16(11(10)2)9-12-8-13(15)5-6-14(12)17/h5-6,8,10-11,17H,3-4,7,9H2,1-2H3. The predicted octanol–water partition coefficient (Wildman–Crippen LogP) is 3.15. The third kappa shape index (κ3) is 2.78. The van der Waals surface area contributed by atoms with Gasteiger partial charge in [-0.1, -0.05) is 6.92 Å². The van der Waals surface area contributed by atoms with Crippen LogP contribution in [-0.2, 0) is 6.54 Å². The summed E-state index contributed by atoms with van der Waals surface area (Å²) in [6, 6.07) is 4.65. The molecule has 0 amide bonds. The van der Waals surface area contributed by atoms with Crippen LogP contribution in [0.5, 0.6) is 5.75 Å². The molecule has 1 saturated heterocycles. The molecule has 3 heteroatoms. The molecule has 0 spiro atoms. The second kappa shape index (κ2) is 5.05. The van der Waals surface area contributed by atoms with Gasteiger partial charge in [0.1, 0.15) is 11.6 Å². The normalized spacial score (nSPS) is 26.1. The number of phenols is 1. The number of halogens is 1. The van der Waals surface area contributed by atoms with Gasteiger partial charge >= 0.3 is 0 Å². The lowest BCUT2D eigenvalue weighted by Gasteiger charge is -2.38. The smallest absolute Gasteiger partial charge is 0.123 e. The van der Waals surface area contributed by atoms with E-state index in [1.54, 1.807) is 0 Å². The zero-order chi connectivity index (χ0) is 12.4. The van der Waals surface area contributed by atoms with Crippen molar-refractivity contribution in [2.24, 2.45) is 5.92 Å². The summed E-state index contributed by atoms with van der Waals surface area (Å²) in [6.07, 6.45) is 2.44. The highest BCUT2D eigenvalue weighted by molar-refractivity contribution is 5.32. The Bertz CT molecular complexity index is 394. The monoisotopic (exact) mass is 237 g/mol. The van der Waals surface area contributed by atoms with Crippen LogP contribution in [0.15, 0.2) is 18.2 Å². The first-order valence-electron chi connectivity index (χ1n) is 6.29. The molecule has 17 heavy (non-hydrogen) atoms. The van der Waals surface area contributed by atoms with Gasteiger partial charge in [0, 0.05) is 18.2 Å². The summed E-state index contributed by atoms with van der Waals surface area (Å²) in [5.74, 6) is 0.576. The summed E-state index contributed by atoms with van der Waals surface area (Å²) < 4.78 is 13.1. The van der Waals surface area contributed by atoms with Crippen molar-refractivity contribution in [3.63, 3.8) is 0 Å². The van der Waals surface area contributed by atoms with E-state index in [9.17, 15) is 9.50 Å². The number of hydrogen-bond acceptors (Lipinski definition) is 2. The summed E-state index contributed by atoms with van der Waals surface area (Å²) in [5, 5.41) is 9.72. The minimum absolute atomic E-state index is 0.192. The number of likely N-dealkylation sites (tertiary alicyclic amines) is 1. The highest BCUT2D eigenvalue weighted by atomic mass is 19.1. The van der Waals surface area contributed by atoms with Gasteiger partial charge in [0.25, 0.3) is 0 Å². The Morgan fingerprint density at radius 2 is 2.18 bits per heavy atom. The number of aromatic hydroxyl groups is 1. The molecule has 2 unspecified atom stereocenters. The highest BCUT2D eigenvalue weighted by Gasteiger charge is 2.25. The quantitative estimate of drug-likeness (QED) is 0.854. The van der Waals surface area contributed by atoms with Crippen LogP contribution in [0.4, 0.5) is 4.39 Å². The maximum absolute atomic E-state index is 13.1. The van der Waals surface area contributed by atoms with Crippen LogP contribution in [0.2, 0.25) is 0 Å². The van der Waals surface area contributed by atoms with Crippen LogP contribution in [0.1, 0.15) is 32.3 Å². The molecule has 1 aliphatic rings.